The van der Waals surface area contributed by atoms with Crippen LogP contribution in [0.4, 0.5) is 11.5 Å². The van der Waals surface area contributed by atoms with Crippen LogP contribution in [0, 0.1) is 0 Å². The van der Waals surface area contributed by atoms with Gasteiger partial charge in [0.2, 0.25) is 11.8 Å². The third kappa shape index (κ3) is 4.77. The van der Waals surface area contributed by atoms with Crippen LogP contribution in [0.5, 0.6) is 0 Å². The number of pyridine rings is 1. The SMILES string of the molecule is CC(=O)Nc1ccc2nc(N3CCN(CC(=O)N4CCCC4)CC3)cc(C(=O)O)c2c1. The van der Waals surface area contributed by atoms with E-state index in [9.17, 15) is 19.5 Å². The average Bonchev–Trinajstić information content (AvgIpc) is 3.28. The summed E-state index contributed by atoms with van der Waals surface area (Å²) >= 11 is 0. The first-order chi connectivity index (χ1) is 14.9. The van der Waals surface area contributed by atoms with Crippen LogP contribution in [0.25, 0.3) is 10.9 Å². The summed E-state index contributed by atoms with van der Waals surface area (Å²) in [4.78, 5) is 46.4. The molecule has 0 radical (unpaired) electrons. The summed E-state index contributed by atoms with van der Waals surface area (Å²) in [6.45, 7) is 6.37. The zero-order valence-electron chi connectivity index (χ0n) is 17.6. The number of nitrogens with one attached hydrogen (secondary N) is 1. The first kappa shape index (κ1) is 21.0. The normalized spacial score (nSPS) is 17.2. The molecule has 2 saturated heterocycles. The Kier molecular flexibility index (Phi) is 6.03. The maximum atomic E-state index is 12.4. The maximum absolute atomic E-state index is 12.4. The number of hydrogen-bond donors (Lipinski definition) is 2. The third-order valence-corrected chi connectivity index (χ3v) is 5.86. The Morgan fingerprint density at radius 3 is 2.39 bits per heavy atom. The van der Waals surface area contributed by atoms with Crippen molar-refractivity contribution in [3.8, 4) is 0 Å². The molecule has 4 rings (SSSR count). The Labute approximate surface area is 180 Å². The van der Waals surface area contributed by atoms with E-state index in [1.165, 1.54) is 6.92 Å². The van der Waals surface area contributed by atoms with E-state index in [2.05, 4.69) is 20.1 Å². The maximum Gasteiger partial charge on any atom is 0.336 e. The summed E-state index contributed by atoms with van der Waals surface area (Å²) in [6.07, 6.45) is 2.18. The fraction of sp³-hybridized carbons (Fsp3) is 0.455. The molecule has 0 saturated carbocycles. The standard InChI is InChI=1S/C22H27N5O4/c1-15(28)23-16-4-5-19-17(12-16)18(22(30)31)13-20(24-19)26-10-8-25(9-11-26)14-21(29)27-6-2-3-7-27/h4-5,12-13H,2-3,6-11,14H2,1H3,(H,23,28)(H,30,31). The molecule has 2 aliphatic rings. The van der Waals surface area contributed by atoms with Crippen molar-refractivity contribution < 1.29 is 19.5 Å². The lowest BCUT2D eigenvalue weighted by Gasteiger charge is -2.35. The lowest BCUT2D eigenvalue weighted by atomic mass is 10.1. The van der Waals surface area contributed by atoms with Gasteiger partial charge in [-0.1, -0.05) is 0 Å². The second kappa shape index (κ2) is 8.89. The lowest BCUT2D eigenvalue weighted by molar-refractivity contribution is -0.131. The Morgan fingerprint density at radius 1 is 1.03 bits per heavy atom. The molecular formula is C22H27N5O4. The van der Waals surface area contributed by atoms with Crippen LogP contribution in [0.2, 0.25) is 0 Å². The van der Waals surface area contributed by atoms with Crippen LogP contribution >= 0.6 is 0 Å². The molecule has 0 atom stereocenters. The van der Waals surface area contributed by atoms with Crippen LogP contribution in [-0.2, 0) is 9.59 Å². The van der Waals surface area contributed by atoms with E-state index in [0.29, 0.717) is 42.0 Å². The van der Waals surface area contributed by atoms with Crippen molar-refractivity contribution in [3.05, 3.63) is 29.8 Å². The number of nitrogens with zero attached hydrogens (tertiary/aromatic N) is 4. The van der Waals surface area contributed by atoms with E-state index < -0.39 is 5.97 Å². The van der Waals surface area contributed by atoms with Crippen LogP contribution in [0.15, 0.2) is 24.3 Å². The number of likely N-dealkylation sites (tertiary alicyclic amines) is 1. The Bertz CT molecular complexity index is 1010. The second-order valence-electron chi connectivity index (χ2n) is 8.10. The van der Waals surface area contributed by atoms with Crippen molar-refractivity contribution in [2.75, 3.05) is 56.0 Å². The molecule has 0 bridgehead atoms. The van der Waals surface area contributed by atoms with Gasteiger partial charge in [0, 0.05) is 57.3 Å². The number of anilines is 2. The molecule has 0 unspecified atom stereocenters. The number of carbonyl (C=O) groups is 3. The Balaban J connectivity index is 1.48. The number of benzene rings is 1. The zero-order valence-corrected chi connectivity index (χ0v) is 17.6. The second-order valence-corrected chi connectivity index (χ2v) is 8.10. The zero-order chi connectivity index (χ0) is 22.0. The number of aromatic nitrogens is 1. The quantitative estimate of drug-likeness (QED) is 0.750. The van der Waals surface area contributed by atoms with Gasteiger partial charge in [-0.05, 0) is 37.1 Å². The minimum atomic E-state index is -1.04. The molecule has 2 aromatic rings. The van der Waals surface area contributed by atoms with Gasteiger partial charge in [-0.15, -0.1) is 0 Å². The molecule has 9 nitrogen and oxygen atoms in total. The first-order valence-electron chi connectivity index (χ1n) is 10.6. The summed E-state index contributed by atoms with van der Waals surface area (Å²) in [5.74, 6) is -0.453. The first-order valence-corrected chi connectivity index (χ1v) is 10.6. The predicted molar refractivity (Wildman–Crippen MR) is 117 cm³/mol. The molecule has 31 heavy (non-hydrogen) atoms. The van der Waals surface area contributed by atoms with Gasteiger partial charge in [0.15, 0.2) is 0 Å². The van der Waals surface area contributed by atoms with Crippen molar-refractivity contribution in [3.63, 3.8) is 0 Å². The predicted octanol–water partition coefficient (Wildman–Crippen LogP) is 1.64. The number of carboxylic acid groups (broad SMARTS) is 1. The van der Waals surface area contributed by atoms with Gasteiger partial charge in [-0.25, -0.2) is 9.78 Å². The molecule has 164 valence electrons. The highest BCUT2D eigenvalue weighted by atomic mass is 16.4. The monoisotopic (exact) mass is 425 g/mol. The molecule has 3 heterocycles. The summed E-state index contributed by atoms with van der Waals surface area (Å²) in [7, 11) is 0. The molecule has 1 aromatic carbocycles. The van der Waals surface area contributed by atoms with Gasteiger partial charge in [0.25, 0.3) is 0 Å². The smallest absolute Gasteiger partial charge is 0.336 e. The van der Waals surface area contributed by atoms with Gasteiger partial charge in [-0.3, -0.25) is 14.5 Å². The van der Waals surface area contributed by atoms with Gasteiger partial charge in [0.05, 0.1) is 17.6 Å². The van der Waals surface area contributed by atoms with Crippen LogP contribution in [0.3, 0.4) is 0 Å². The van der Waals surface area contributed by atoms with Gasteiger partial charge >= 0.3 is 5.97 Å². The largest absolute Gasteiger partial charge is 0.478 e. The number of carboxylic acids is 1. The molecule has 0 spiro atoms. The lowest BCUT2D eigenvalue weighted by Crippen LogP contribution is -2.50. The Hall–Kier alpha value is -3.20. The number of fused-ring (bicyclic) bond motifs is 1. The molecule has 2 amide bonds. The van der Waals surface area contributed by atoms with Gasteiger partial charge in [0.1, 0.15) is 5.82 Å². The number of rotatable bonds is 5. The van der Waals surface area contributed by atoms with Crippen LogP contribution in [0.1, 0.15) is 30.1 Å². The number of piperazine rings is 1. The number of aromatic carboxylic acids is 1. The van der Waals surface area contributed by atoms with Gasteiger partial charge < -0.3 is 20.2 Å². The van der Waals surface area contributed by atoms with Crippen molar-refractivity contribution in [1.29, 1.82) is 0 Å². The fourth-order valence-corrected chi connectivity index (χ4v) is 4.22. The highest BCUT2D eigenvalue weighted by molar-refractivity contribution is 6.05. The van der Waals surface area contributed by atoms with E-state index >= 15 is 0 Å². The molecule has 0 aliphatic carbocycles. The number of hydrogen-bond acceptors (Lipinski definition) is 6. The van der Waals surface area contributed by atoms with E-state index in [1.807, 2.05) is 4.90 Å². The summed E-state index contributed by atoms with van der Waals surface area (Å²) < 4.78 is 0. The molecule has 2 aliphatic heterocycles. The Morgan fingerprint density at radius 2 is 1.74 bits per heavy atom. The number of amides is 2. The third-order valence-electron chi connectivity index (χ3n) is 5.86. The summed E-state index contributed by atoms with van der Waals surface area (Å²) in [5.41, 5.74) is 1.25. The van der Waals surface area contributed by atoms with Crippen molar-refractivity contribution in [1.82, 2.24) is 14.8 Å². The summed E-state index contributed by atoms with van der Waals surface area (Å²) in [5, 5.41) is 12.9. The van der Waals surface area contributed by atoms with Gasteiger partial charge in [-0.2, -0.15) is 0 Å². The highest BCUT2D eigenvalue weighted by Crippen LogP contribution is 2.27. The van der Waals surface area contributed by atoms with Crippen molar-refractivity contribution in [2.45, 2.75) is 19.8 Å². The molecule has 1 aromatic heterocycles. The minimum absolute atomic E-state index is 0.152. The van der Waals surface area contributed by atoms with Crippen molar-refractivity contribution >= 4 is 40.2 Å². The molecule has 2 fully saturated rings. The molecule has 9 heteroatoms. The van der Waals surface area contributed by atoms with E-state index in [1.54, 1.807) is 24.3 Å². The fourth-order valence-electron chi connectivity index (χ4n) is 4.22. The van der Waals surface area contributed by atoms with Crippen molar-refractivity contribution in [2.24, 2.45) is 0 Å². The number of carbonyl (C=O) groups excluding carboxylic acids is 2. The highest BCUT2D eigenvalue weighted by Gasteiger charge is 2.25. The topological polar surface area (TPSA) is 106 Å². The molecule has 2 N–H and O–H groups in total. The molecular weight excluding hydrogens is 398 g/mol. The van der Waals surface area contributed by atoms with Crippen LogP contribution in [-0.4, -0.2) is 83.5 Å². The van der Waals surface area contributed by atoms with E-state index in [-0.39, 0.29) is 17.4 Å². The van der Waals surface area contributed by atoms with E-state index in [0.717, 1.165) is 39.0 Å². The minimum Gasteiger partial charge on any atom is -0.478 e. The van der Waals surface area contributed by atoms with E-state index in [4.69, 9.17) is 0 Å². The summed E-state index contributed by atoms with van der Waals surface area (Å²) in [6, 6.07) is 6.67. The van der Waals surface area contributed by atoms with Crippen LogP contribution < -0.4 is 10.2 Å². The average molecular weight is 425 g/mol.